The Kier molecular flexibility index (Phi) is 21.3. The number of methoxy groups -OCH3 is 2. The van der Waals surface area contributed by atoms with Gasteiger partial charge in [0.1, 0.15) is 34.6 Å². The summed E-state index contributed by atoms with van der Waals surface area (Å²) in [6.45, 7) is 12.4. The number of nitrogens with zero attached hydrogens (tertiary/aromatic N) is 4. The van der Waals surface area contributed by atoms with Gasteiger partial charge in [-0.05, 0) is 178 Å². The SMILES string of the molecule is COc1ccc(C(=O)N2CCC3(CC2)COc2ccc(CN)cc23)cc1OC.Cc1cccc(C(=O)N2CCC3(CC2)COc2ccc(CN)cc23)c1.NCc1ccc2c(c1)C1(CCN(C(=O)c3ccc(F)cc3)CC1)CO2.NCc1ccc2c(c1)C1(CCN(C(=O)c3cccc(F)c3)CC1)CO2. The minimum Gasteiger partial charge on any atom is -0.493 e. The minimum absolute atomic E-state index is 0.0190. The molecule has 8 heterocycles. The van der Waals surface area contributed by atoms with Crippen molar-refractivity contribution in [2.75, 3.05) is 93.0 Å². The van der Waals surface area contributed by atoms with Crippen LogP contribution in [0.3, 0.4) is 0 Å². The van der Waals surface area contributed by atoms with Gasteiger partial charge in [0.15, 0.2) is 11.5 Å². The topological polar surface area (TPSA) is 241 Å². The maximum absolute atomic E-state index is 13.4. The number of ether oxygens (including phenoxy) is 6. The molecular weight excluding hydrogens is 1310 g/mol. The van der Waals surface area contributed by atoms with E-state index in [0.717, 1.165) is 121 Å². The van der Waals surface area contributed by atoms with Crippen LogP contribution in [0.1, 0.15) is 143 Å². The lowest BCUT2D eigenvalue weighted by Gasteiger charge is -2.38. The van der Waals surface area contributed by atoms with Crippen LogP contribution in [0.25, 0.3) is 0 Å². The van der Waals surface area contributed by atoms with Crippen LogP contribution in [0.4, 0.5) is 8.78 Å². The molecule has 8 N–H and O–H groups in total. The number of carbonyl (C=O) groups is 4. The van der Waals surface area contributed by atoms with Gasteiger partial charge in [0, 0.05) is 145 Å². The molecule has 8 aromatic carbocycles. The molecule has 4 spiro atoms. The number of fused-ring (bicyclic) bond motifs is 8. The molecule has 16 rings (SSSR count). The fourth-order valence-electron chi connectivity index (χ4n) is 16.0. The molecular formula is C83H92F2N8O10. The smallest absolute Gasteiger partial charge is 0.253 e. The van der Waals surface area contributed by atoms with E-state index in [1.807, 2.05) is 99.3 Å². The van der Waals surface area contributed by atoms with Gasteiger partial charge >= 0.3 is 0 Å². The zero-order valence-electron chi connectivity index (χ0n) is 59.0. The first-order valence-corrected chi connectivity index (χ1v) is 35.8. The summed E-state index contributed by atoms with van der Waals surface area (Å²) in [5, 5.41) is 0. The molecule has 8 aliphatic heterocycles. The first kappa shape index (κ1) is 71.5. The van der Waals surface area contributed by atoms with Crippen LogP contribution < -0.4 is 51.4 Å². The summed E-state index contributed by atoms with van der Waals surface area (Å²) in [7, 11) is 3.16. The zero-order valence-corrected chi connectivity index (χ0v) is 59.0. The Labute approximate surface area is 601 Å². The number of nitrogens with two attached hydrogens (primary N) is 4. The van der Waals surface area contributed by atoms with Gasteiger partial charge < -0.3 is 71.0 Å². The summed E-state index contributed by atoms with van der Waals surface area (Å²) in [4.78, 5) is 58.6. The summed E-state index contributed by atoms with van der Waals surface area (Å²) in [5.41, 5.74) is 36.0. The van der Waals surface area contributed by atoms with E-state index in [0.29, 0.717) is 120 Å². The molecule has 538 valence electrons. The standard InChI is InChI=1S/C22H26N2O4.C21H24N2O2.2C20H21FN2O2/c1-26-19-6-4-16(12-20(19)27-2)21(25)24-9-7-22(8-10-24)14-28-18-5-3-15(13-23)11-17(18)22;1-15-3-2-4-17(11-15)20(24)23-9-7-21(8-10-23)14-25-19-6-5-16(13-22)12-18(19)21;21-16-4-2-15(3-5-16)19(24)23-9-7-20(8-10-23)13-25-18-6-1-14(12-22)11-17(18)20;21-16-3-1-2-15(11-16)19(24)23-8-6-20(7-9-23)13-25-18-5-4-14(12-22)10-17(18)20/h3-6,11-12H,7-10,13-14,23H2,1-2H3;2-6,11-12H,7-10,13-14,22H2,1H3;1-6,11H,7-10,12-13,22H2;1-5,10-11H,6-9,12-13,22H2. The van der Waals surface area contributed by atoms with E-state index in [2.05, 4.69) is 24.3 Å². The Hall–Kier alpha value is -9.86. The van der Waals surface area contributed by atoms with Crippen molar-refractivity contribution in [3.63, 3.8) is 0 Å². The number of carbonyl (C=O) groups excluding carboxylic acids is 4. The van der Waals surface area contributed by atoms with Gasteiger partial charge in [-0.1, -0.05) is 72.3 Å². The van der Waals surface area contributed by atoms with E-state index in [4.69, 9.17) is 51.4 Å². The molecule has 0 radical (unpaired) electrons. The summed E-state index contributed by atoms with van der Waals surface area (Å²) >= 11 is 0. The highest BCUT2D eigenvalue weighted by atomic mass is 19.1. The summed E-state index contributed by atoms with van der Waals surface area (Å²) in [6, 6.07) is 49.6. The number of amides is 4. The molecule has 0 unspecified atom stereocenters. The highest BCUT2D eigenvalue weighted by molar-refractivity contribution is 5.96. The summed E-state index contributed by atoms with van der Waals surface area (Å²) in [6.07, 6.45) is 7.04. The minimum atomic E-state index is -0.383. The fraction of sp³-hybridized carbons (Fsp3) is 0.373. The van der Waals surface area contributed by atoms with Crippen molar-refractivity contribution < 1.29 is 56.4 Å². The van der Waals surface area contributed by atoms with Crippen molar-refractivity contribution in [3.05, 3.63) is 248 Å². The second-order valence-electron chi connectivity index (χ2n) is 28.5. The number of halogens is 2. The van der Waals surface area contributed by atoms with Gasteiger partial charge in [0.2, 0.25) is 0 Å². The van der Waals surface area contributed by atoms with E-state index in [9.17, 15) is 28.0 Å². The van der Waals surface area contributed by atoms with Crippen LogP contribution in [-0.4, -0.2) is 136 Å². The molecule has 4 saturated heterocycles. The lowest BCUT2D eigenvalue weighted by molar-refractivity contribution is 0.0639. The molecule has 18 nitrogen and oxygen atoms in total. The van der Waals surface area contributed by atoms with Crippen molar-refractivity contribution in [2.24, 2.45) is 22.9 Å². The Balaban J connectivity index is 0.000000122. The second kappa shape index (κ2) is 30.6. The van der Waals surface area contributed by atoms with Crippen molar-refractivity contribution in [1.82, 2.24) is 19.6 Å². The Bertz CT molecular complexity index is 4290. The van der Waals surface area contributed by atoms with Crippen molar-refractivity contribution in [3.8, 4) is 34.5 Å². The molecule has 20 heteroatoms. The van der Waals surface area contributed by atoms with Crippen molar-refractivity contribution in [1.29, 1.82) is 0 Å². The predicted molar refractivity (Wildman–Crippen MR) is 390 cm³/mol. The van der Waals surface area contributed by atoms with Gasteiger partial charge in [0.05, 0.1) is 40.6 Å². The largest absolute Gasteiger partial charge is 0.493 e. The van der Waals surface area contributed by atoms with Crippen molar-refractivity contribution >= 4 is 23.6 Å². The average molecular weight is 1400 g/mol. The number of rotatable bonds is 10. The van der Waals surface area contributed by atoms with Gasteiger partial charge in [-0.25, -0.2) is 8.78 Å². The average Bonchev–Trinajstić information content (AvgIpc) is 1.66. The molecule has 4 amide bonds. The first-order valence-electron chi connectivity index (χ1n) is 35.8. The van der Waals surface area contributed by atoms with E-state index >= 15 is 0 Å². The summed E-state index contributed by atoms with van der Waals surface area (Å²) < 4.78 is 60.7. The number of hydrogen-bond acceptors (Lipinski definition) is 14. The van der Waals surface area contributed by atoms with Gasteiger partial charge in [0.25, 0.3) is 23.6 Å². The normalized spacial score (nSPS) is 17.8. The zero-order chi connectivity index (χ0) is 72.0. The molecule has 0 bridgehead atoms. The Morgan fingerprint density at radius 2 is 0.670 bits per heavy atom. The summed E-state index contributed by atoms with van der Waals surface area (Å²) in [5.74, 6) is 4.29. The monoisotopic (exact) mass is 1400 g/mol. The maximum atomic E-state index is 13.4. The third kappa shape index (κ3) is 14.8. The first-order chi connectivity index (χ1) is 49.9. The number of likely N-dealkylation sites (tertiary alicyclic amines) is 4. The van der Waals surface area contributed by atoms with E-state index in [1.165, 1.54) is 46.5 Å². The quantitative estimate of drug-likeness (QED) is 0.0996. The fourth-order valence-corrected chi connectivity index (χ4v) is 16.0. The van der Waals surface area contributed by atoms with Crippen LogP contribution in [0.15, 0.2) is 164 Å². The van der Waals surface area contributed by atoms with Crippen LogP contribution in [0, 0.1) is 18.6 Å². The van der Waals surface area contributed by atoms with Crippen LogP contribution in [0.2, 0.25) is 0 Å². The van der Waals surface area contributed by atoms with E-state index in [-0.39, 0.29) is 56.9 Å². The van der Waals surface area contributed by atoms with Gasteiger partial charge in [-0.2, -0.15) is 0 Å². The number of aryl methyl sites for hydroxylation is 1. The lowest BCUT2D eigenvalue weighted by Crippen LogP contribution is -2.46. The van der Waals surface area contributed by atoms with Gasteiger partial charge in [-0.15, -0.1) is 0 Å². The van der Waals surface area contributed by atoms with Crippen LogP contribution in [-0.2, 0) is 47.8 Å². The molecule has 8 aliphatic rings. The molecule has 0 aliphatic carbocycles. The Morgan fingerprint density at radius 3 is 0.990 bits per heavy atom. The molecule has 0 aromatic heterocycles. The molecule has 0 atom stereocenters. The lowest BCUT2D eigenvalue weighted by atomic mass is 9.74. The second-order valence-corrected chi connectivity index (χ2v) is 28.5. The highest BCUT2D eigenvalue weighted by Gasteiger charge is 2.48. The van der Waals surface area contributed by atoms with Crippen LogP contribution in [0.5, 0.6) is 34.5 Å². The predicted octanol–water partition coefficient (Wildman–Crippen LogP) is 11.5. The number of piperidine rings is 4. The number of benzene rings is 8. The third-order valence-corrected chi connectivity index (χ3v) is 22.5. The molecule has 0 saturated carbocycles. The van der Waals surface area contributed by atoms with Gasteiger partial charge in [-0.3, -0.25) is 19.2 Å². The molecule has 4 fully saturated rings. The Morgan fingerprint density at radius 1 is 0.359 bits per heavy atom. The van der Waals surface area contributed by atoms with Crippen LogP contribution >= 0.6 is 0 Å². The van der Waals surface area contributed by atoms with E-state index in [1.54, 1.807) is 56.7 Å². The molecule has 8 aromatic rings. The van der Waals surface area contributed by atoms with E-state index < -0.39 is 0 Å². The number of hydrogen-bond donors (Lipinski definition) is 4. The molecule has 103 heavy (non-hydrogen) atoms. The highest BCUT2D eigenvalue weighted by Crippen LogP contribution is 2.50. The third-order valence-electron chi connectivity index (χ3n) is 22.5. The maximum Gasteiger partial charge on any atom is 0.253 e. The van der Waals surface area contributed by atoms with Crippen molar-refractivity contribution in [2.45, 2.75) is 106 Å².